The second-order valence-electron chi connectivity index (χ2n) is 2.63. The van der Waals surface area contributed by atoms with E-state index >= 15 is 0 Å². The lowest BCUT2D eigenvalue weighted by Crippen LogP contribution is -2.44. The number of nitrogens with one attached hydrogen (secondary N) is 1. The standard InChI is InChI=1S/C6H11F2N.2C2H6/c1-5-2-3-9-4-6(5,7)8;2*1-2/h5,9H,2-4H2,1H3;2*1-2H3. The summed E-state index contributed by atoms with van der Waals surface area (Å²) in [7, 11) is 0. The number of alkyl halides is 2. The molecule has 0 bridgehead atoms. The van der Waals surface area contributed by atoms with Crippen LogP contribution in [0.4, 0.5) is 8.78 Å². The first-order valence-electron chi connectivity index (χ1n) is 5.21. The molecule has 1 unspecified atom stereocenters. The normalized spacial score (nSPS) is 24.7. The van der Waals surface area contributed by atoms with E-state index in [0.29, 0.717) is 6.42 Å². The van der Waals surface area contributed by atoms with Crippen LogP contribution in [0.3, 0.4) is 0 Å². The van der Waals surface area contributed by atoms with E-state index < -0.39 is 11.8 Å². The fourth-order valence-electron chi connectivity index (χ4n) is 0.959. The van der Waals surface area contributed by atoms with Crippen molar-refractivity contribution in [1.82, 2.24) is 5.32 Å². The third kappa shape index (κ3) is 5.97. The largest absolute Gasteiger partial charge is 0.311 e. The van der Waals surface area contributed by atoms with Crippen molar-refractivity contribution >= 4 is 0 Å². The predicted molar refractivity (Wildman–Crippen MR) is 54.3 cm³/mol. The molecule has 0 aromatic carbocycles. The molecule has 0 aromatic heterocycles. The predicted octanol–water partition coefficient (Wildman–Crippen LogP) is 3.30. The molecule has 1 N–H and O–H groups in total. The monoisotopic (exact) mass is 195 g/mol. The minimum absolute atomic E-state index is 0.145. The van der Waals surface area contributed by atoms with E-state index in [1.54, 1.807) is 6.92 Å². The zero-order chi connectivity index (χ0) is 10.9. The van der Waals surface area contributed by atoms with Crippen LogP contribution in [0.5, 0.6) is 0 Å². The smallest absolute Gasteiger partial charge is 0.262 e. The topological polar surface area (TPSA) is 12.0 Å². The Kier molecular flexibility index (Phi) is 9.91. The van der Waals surface area contributed by atoms with Crippen molar-refractivity contribution in [1.29, 1.82) is 0 Å². The van der Waals surface area contributed by atoms with Gasteiger partial charge in [-0.3, -0.25) is 0 Å². The molecule has 0 saturated carbocycles. The van der Waals surface area contributed by atoms with E-state index in [9.17, 15) is 8.78 Å². The van der Waals surface area contributed by atoms with Gasteiger partial charge in [-0.2, -0.15) is 0 Å². The van der Waals surface area contributed by atoms with Gasteiger partial charge in [0.2, 0.25) is 0 Å². The summed E-state index contributed by atoms with van der Waals surface area (Å²) < 4.78 is 25.1. The molecule has 0 spiro atoms. The molecule has 1 saturated heterocycles. The maximum absolute atomic E-state index is 12.5. The average Bonchev–Trinajstić information content (AvgIpc) is 2.17. The van der Waals surface area contributed by atoms with Crippen LogP contribution in [0.25, 0.3) is 0 Å². The molecule has 0 amide bonds. The number of hydrogen-bond acceptors (Lipinski definition) is 1. The van der Waals surface area contributed by atoms with Crippen LogP contribution >= 0.6 is 0 Å². The molecule has 0 aromatic rings. The summed E-state index contributed by atoms with van der Waals surface area (Å²) in [5, 5.41) is 2.66. The molecule has 0 radical (unpaired) electrons. The van der Waals surface area contributed by atoms with Crippen molar-refractivity contribution in [2.45, 2.75) is 47.0 Å². The van der Waals surface area contributed by atoms with Gasteiger partial charge >= 0.3 is 0 Å². The quantitative estimate of drug-likeness (QED) is 0.625. The number of hydrogen-bond donors (Lipinski definition) is 1. The highest BCUT2D eigenvalue weighted by atomic mass is 19.3. The fourth-order valence-corrected chi connectivity index (χ4v) is 0.959. The molecule has 1 aliphatic heterocycles. The van der Waals surface area contributed by atoms with E-state index in [4.69, 9.17) is 0 Å². The Morgan fingerprint density at radius 3 is 1.85 bits per heavy atom. The molecular formula is C10H23F2N. The SMILES string of the molecule is CC.CC.CC1CCNCC1(F)F. The molecule has 1 atom stereocenters. The van der Waals surface area contributed by atoms with E-state index in [2.05, 4.69) is 5.32 Å². The van der Waals surface area contributed by atoms with E-state index in [1.807, 2.05) is 27.7 Å². The molecule has 1 rings (SSSR count). The minimum Gasteiger partial charge on any atom is -0.311 e. The van der Waals surface area contributed by atoms with Crippen LogP contribution in [0.2, 0.25) is 0 Å². The third-order valence-electron chi connectivity index (χ3n) is 1.84. The van der Waals surface area contributed by atoms with Crippen molar-refractivity contribution in [3.05, 3.63) is 0 Å². The second kappa shape index (κ2) is 8.42. The van der Waals surface area contributed by atoms with Crippen molar-refractivity contribution in [3.8, 4) is 0 Å². The van der Waals surface area contributed by atoms with Gasteiger partial charge in [-0.05, 0) is 13.0 Å². The third-order valence-corrected chi connectivity index (χ3v) is 1.84. The molecule has 1 nitrogen and oxygen atoms in total. The highest BCUT2D eigenvalue weighted by molar-refractivity contribution is 4.81. The summed E-state index contributed by atoms with van der Waals surface area (Å²) in [6.45, 7) is 10.2. The lowest BCUT2D eigenvalue weighted by atomic mass is 9.97. The summed E-state index contributed by atoms with van der Waals surface area (Å²) >= 11 is 0. The van der Waals surface area contributed by atoms with Crippen LogP contribution in [0.1, 0.15) is 41.0 Å². The first-order chi connectivity index (χ1) is 6.13. The van der Waals surface area contributed by atoms with Gasteiger partial charge in [0.05, 0.1) is 6.54 Å². The average molecular weight is 195 g/mol. The zero-order valence-corrected chi connectivity index (χ0v) is 9.45. The fraction of sp³-hybridized carbons (Fsp3) is 1.00. The van der Waals surface area contributed by atoms with Crippen molar-refractivity contribution in [2.75, 3.05) is 13.1 Å². The molecule has 1 aliphatic rings. The van der Waals surface area contributed by atoms with Gasteiger partial charge in [-0.1, -0.05) is 34.6 Å². The van der Waals surface area contributed by atoms with E-state index in [1.165, 1.54) is 0 Å². The van der Waals surface area contributed by atoms with Crippen LogP contribution in [0.15, 0.2) is 0 Å². The Bertz CT molecular complexity index is 105. The summed E-state index contributed by atoms with van der Waals surface area (Å²) in [6.07, 6.45) is 0.590. The minimum atomic E-state index is -2.47. The molecule has 0 aliphatic carbocycles. The van der Waals surface area contributed by atoms with Gasteiger partial charge in [0.15, 0.2) is 0 Å². The van der Waals surface area contributed by atoms with Crippen molar-refractivity contribution in [3.63, 3.8) is 0 Å². The number of halogens is 2. The Morgan fingerprint density at radius 1 is 1.15 bits per heavy atom. The van der Waals surface area contributed by atoms with Gasteiger partial charge in [-0.15, -0.1) is 0 Å². The highest BCUT2D eigenvalue weighted by Crippen LogP contribution is 2.28. The first kappa shape index (κ1) is 15.3. The Balaban J connectivity index is 0. The van der Waals surface area contributed by atoms with Crippen LogP contribution in [-0.2, 0) is 0 Å². The highest BCUT2D eigenvalue weighted by Gasteiger charge is 2.37. The Hall–Kier alpha value is -0.180. The number of piperidine rings is 1. The van der Waals surface area contributed by atoms with Gasteiger partial charge in [0.25, 0.3) is 5.92 Å². The summed E-state index contributed by atoms with van der Waals surface area (Å²) in [4.78, 5) is 0. The molecule has 13 heavy (non-hydrogen) atoms. The summed E-state index contributed by atoms with van der Waals surface area (Å²) in [6, 6.07) is 0. The van der Waals surface area contributed by atoms with E-state index in [0.717, 1.165) is 6.54 Å². The Labute approximate surface area is 80.9 Å². The molecule has 82 valence electrons. The van der Waals surface area contributed by atoms with Crippen molar-refractivity contribution < 1.29 is 8.78 Å². The zero-order valence-electron chi connectivity index (χ0n) is 9.45. The second-order valence-corrected chi connectivity index (χ2v) is 2.63. The number of rotatable bonds is 0. The molecule has 1 heterocycles. The lowest BCUT2D eigenvalue weighted by Gasteiger charge is -2.28. The first-order valence-corrected chi connectivity index (χ1v) is 5.21. The van der Waals surface area contributed by atoms with Crippen molar-refractivity contribution in [2.24, 2.45) is 5.92 Å². The molecule has 1 fully saturated rings. The van der Waals surface area contributed by atoms with E-state index in [-0.39, 0.29) is 6.54 Å². The molecular weight excluding hydrogens is 172 g/mol. The Morgan fingerprint density at radius 2 is 1.62 bits per heavy atom. The lowest BCUT2D eigenvalue weighted by molar-refractivity contribution is -0.0658. The maximum Gasteiger partial charge on any atom is 0.262 e. The van der Waals surface area contributed by atoms with Crippen LogP contribution in [0, 0.1) is 5.92 Å². The van der Waals surface area contributed by atoms with Gasteiger partial charge in [-0.25, -0.2) is 8.78 Å². The maximum atomic E-state index is 12.5. The molecule has 3 heteroatoms. The summed E-state index contributed by atoms with van der Waals surface area (Å²) in [5.74, 6) is -2.92. The van der Waals surface area contributed by atoms with Gasteiger partial charge in [0, 0.05) is 5.92 Å². The summed E-state index contributed by atoms with van der Waals surface area (Å²) in [5.41, 5.74) is 0. The van der Waals surface area contributed by atoms with Crippen LogP contribution < -0.4 is 5.32 Å². The van der Waals surface area contributed by atoms with Crippen LogP contribution in [-0.4, -0.2) is 19.0 Å². The van der Waals surface area contributed by atoms with Gasteiger partial charge in [0.1, 0.15) is 0 Å². The van der Waals surface area contributed by atoms with Gasteiger partial charge < -0.3 is 5.32 Å².